The first-order valence-corrected chi connectivity index (χ1v) is 9.04. The minimum atomic E-state index is 0.791. The molecule has 2 aliphatic heterocycles. The molecular weight excluding hydrogens is 282 g/mol. The van der Waals surface area contributed by atoms with Crippen LogP contribution in [0.4, 0.5) is 0 Å². The Hall–Kier alpha value is -1.46. The fraction of sp³-hybridized carbons (Fsp3) is 0.619. The van der Waals surface area contributed by atoms with Gasteiger partial charge in [-0.2, -0.15) is 0 Å². The summed E-state index contributed by atoms with van der Waals surface area (Å²) in [5, 5.41) is 0. The third kappa shape index (κ3) is 5.92. The van der Waals surface area contributed by atoms with Gasteiger partial charge in [0.05, 0.1) is 12.4 Å². The van der Waals surface area contributed by atoms with E-state index >= 15 is 0 Å². The van der Waals surface area contributed by atoms with Crippen molar-refractivity contribution < 1.29 is 4.74 Å². The van der Waals surface area contributed by atoms with Crippen molar-refractivity contribution in [3.05, 3.63) is 36.1 Å². The highest BCUT2D eigenvalue weighted by Crippen LogP contribution is 2.34. The number of allylic oxidation sites excluding steroid dienone is 5. The number of terminal acetylenes is 1. The summed E-state index contributed by atoms with van der Waals surface area (Å²) in [6.45, 7) is 9.00. The Kier molecular flexibility index (Phi) is 7.49. The van der Waals surface area contributed by atoms with Crippen molar-refractivity contribution in [1.82, 2.24) is 4.90 Å². The second-order valence-electron chi connectivity index (χ2n) is 6.83. The Labute approximate surface area is 142 Å². The molecule has 2 nitrogen and oxygen atoms in total. The molecule has 0 spiro atoms. The zero-order valence-corrected chi connectivity index (χ0v) is 14.6. The maximum absolute atomic E-state index is 5.98. The number of piperidine rings is 2. The standard InChI is InChI=1S/C21H31NO/c1-4-6-8-21(14-9-18(3)5-2)23-16-7-15-22-17-19-10-12-20(22)13-11-19/h2,4,9,14,19-20H,1,6-8,10-13,15-17H2,3H3/b18-9+,21-14+. The molecule has 1 saturated carbocycles. The molecule has 3 aliphatic rings. The largest absolute Gasteiger partial charge is 0.498 e. The molecule has 0 aromatic carbocycles. The summed E-state index contributed by atoms with van der Waals surface area (Å²) in [6.07, 6.45) is 19.9. The van der Waals surface area contributed by atoms with Crippen molar-refractivity contribution in [2.24, 2.45) is 5.92 Å². The molecule has 2 heterocycles. The molecule has 0 aromatic heterocycles. The zero-order chi connectivity index (χ0) is 16.5. The van der Waals surface area contributed by atoms with Crippen LogP contribution in [-0.4, -0.2) is 30.6 Å². The van der Waals surface area contributed by atoms with E-state index < -0.39 is 0 Å². The molecule has 126 valence electrons. The third-order valence-corrected chi connectivity index (χ3v) is 5.04. The summed E-state index contributed by atoms with van der Waals surface area (Å²) in [7, 11) is 0. The number of ether oxygens (including phenoxy) is 1. The van der Waals surface area contributed by atoms with Gasteiger partial charge >= 0.3 is 0 Å². The van der Waals surface area contributed by atoms with Crippen LogP contribution in [0, 0.1) is 18.3 Å². The zero-order valence-electron chi connectivity index (χ0n) is 14.6. The summed E-state index contributed by atoms with van der Waals surface area (Å²) in [5.41, 5.74) is 0.925. The average Bonchev–Trinajstić information content (AvgIpc) is 2.61. The van der Waals surface area contributed by atoms with E-state index in [1.54, 1.807) is 0 Å². The Morgan fingerprint density at radius 2 is 2.09 bits per heavy atom. The van der Waals surface area contributed by atoms with Crippen LogP contribution in [0.2, 0.25) is 0 Å². The van der Waals surface area contributed by atoms with Gasteiger partial charge in [-0.1, -0.05) is 12.0 Å². The highest BCUT2D eigenvalue weighted by atomic mass is 16.5. The van der Waals surface area contributed by atoms with Crippen LogP contribution < -0.4 is 0 Å². The van der Waals surface area contributed by atoms with Gasteiger partial charge in [0.25, 0.3) is 0 Å². The van der Waals surface area contributed by atoms with Crippen LogP contribution in [-0.2, 0) is 4.74 Å². The van der Waals surface area contributed by atoms with Gasteiger partial charge in [-0.15, -0.1) is 13.0 Å². The maximum atomic E-state index is 5.98. The smallest absolute Gasteiger partial charge is 0.0963 e. The lowest BCUT2D eigenvalue weighted by molar-refractivity contribution is 0.0423. The average molecular weight is 313 g/mol. The molecule has 2 bridgehead atoms. The van der Waals surface area contributed by atoms with E-state index in [-0.39, 0.29) is 0 Å². The molecule has 1 aliphatic carbocycles. The van der Waals surface area contributed by atoms with E-state index in [1.165, 1.54) is 38.8 Å². The van der Waals surface area contributed by atoms with E-state index in [2.05, 4.69) is 17.4 Å². The summed E-state index contributed by atoms with van der Waals surface area (Å²) < 4.78 is 5.98. The first-order valence-electron chi connectivity index (χ1n) is 9.04. The van der Waals surface area contributed by atoms with Gasteiger partial charge in [0.1, 0.15) is 0 Å². The molecule has 0 N–H and O–H groups in total. The van der Waals surface area contributed by atoms with E-state index in [1.807, 2.05) is 25.2 Å². The van der Waals surface area contributed by atoms with Gasteiger partial charge in [0, 0.05) is 25.6 Å². The minimum Gasteiger partial charge on any atom is -0.498 e. The van der Waals surface area contributed by atoms with Gasteiger partial charge < -0.3 is 4.74 Å². The molecule has 0 atom stereocenters. The molecular formula is C21H31NO. The van der Waals surface area contributed by atoms with Crippen LogP contribution in [0.25, 0.3) is 0 Å². The van der Waals surface area contributed by atoms with Crippen LogP contribution >= 0.6 is 0 Å². The second-order valence-corrected chi connectivity index (χ2v) is 6.83. The van der Waals surface area contributed by atoms with Gasteiger partial charge in [-0.05, 0) is 69.1 Å². The lowest BCUT2D eigenvalue weighted by Gasteiger charge is -2.45. The lowest BCUT2D eigenvalue weighted by Crippen LogP contribution is -2.48. The Morgan fingerprint density at radius 1 is 1.30 bits per heavy atom. The van der Waals surface area contributed by atoms with Gasteiger partial charge in [0.2, 0.25) is 0 Å². The molecule has 0 amide bonds. The molecule has 0 aromatic rings. The predicted octanol–water partition coefficient (Wildman–Crippen LogP) is 4.70. The summed E-state index contributed by atoms with van der Waals surface area (Å²) in [5.74, 6) is 4.61. The SMILES string of the molecule is C#C/C(C)=C/C=C(\CCC=C)OCCCN1CC2CCC1CC2. The molecule has 3 fully saturated rings. The highest BCUT2D eigenvalue weighted by molar-refractivity contribution is 5.27. The van der Waals surface area contributed by atoms with Crippen LogP contribution in [0.15, 0.2) is 36.1 Å². The van der Waals surface area contributed by atoms with Gasteiger partial charge in [-0.25, -0.2) is 0 Å². The lowest BCUT2D eigenvalue weighted by atomic mass is 9.80. The fourth-order valence-corrected chi connectivity index (χ4v) is 3.63. The van der Waals surface area contributed by atoms with E-state index in [9.17, 15) is 0 Å². The molecule has 2 saturated heterocycles. The van der Waals surface area contributed by atoms with Crippen molar-refractivity contribution >= 4 is 0 Å². The summed E-state index contributed by atoms with van der Waals surface area (Å²) >= 11 is 0. The Morgan fingerprint density at radius 3 is 2.70 bits per heavy atom. The minimum absolute atomic E-state index is 0.791. The van der Waals surface area contributed by atoms with Crippen LogP contribution in [0.1, 0.15) is 51.9 Å². The van der Waals surface area contributed by atoms with E-state index in [0.29, 0.717) is 0 Å². The third-order valence-electron chi connectivity index (χ3n) is 5.04. The molecule has 0 radical (unpaired) electrons. The summed E-state index contributed by atoms with van der Waals surface area (Å²) in [6, 6.07) is 0.844. The predicted molar refractivity (Wildman–Crippen MR) is 98.0 cm³/mol. The normalized spacial score (nSPS) is 25.2. The van der Waals surface area contributed by atoms with Crippen molar-refractivity contribution in [1.29, 1.82) is 0 Å². The maximum Gasteiger partial charge on any atom is 0.0963 e. The van der Waals surface area contributed by atoms with Crippen molar-refractivity contribution in [2.75, 3.05) is 19.7 Å². The first kappa shape index (κ1) is 17.9. The van der Waals surface area contributed by atoms with Crippen molar-refractivity contribution in [3.8, 4) is 12.3 Å². The van der Waals surface area contributed by atoms with Gasteiger partial charge in [-0.3, -0.25) is 4.90 Å². The van der Waals surface area contributed by atoms with Crippen molar-refractivity contribution in [3.63, 3.8) is 0 Å². The quantitative estimate of drug-likeness (QED) is 0.201. The molecule has 0 unspecified atom stereocenters. The Balaban J connectivity index is 1.73. The van der Waals surface area contributed by atoms with Crippen LogP contribution in [0.3, 0.4) is 0 Å². The highest BCUT2D eigenvalue weighted by Gasteiger charge is 2.32. The number of fused-ring (bicyclic) bond motifs is 3. The number of rotatable bonds is 9. The number of hydrogen-bond donors (Lipinski definition) is 0. The molecule has 2 heteroatoms. The van der Waals surface area contributed by atoms with Gasteiger partial charge in [0.15, 0.2) is 0 Å². The van der Waals surface area contributed by atoms with E-state index in [4.69, 9.17) is 11.2 Å². The van der Waals surface area contributed by atoms with Crippen LogP contribution in [0.5, 0.6) is 0 Å². The second kappa shape index (κ2) is 9.63. The molecule has 23 heavy (non-hydrogen) atoms. The van der Waals surface area contributed by atoms with E-state index in [0.717, 1.165) is 49.2 Å². The summed E-state index contributed by atoms with van der Waals surface area (Å²) in [4.78, 5) is 2.69. The molecule has 3 rings (SSSR count). The number of hydrogen-bond acceptors (Lipinski definition) is 2. The Bertz CT molecular complexity index is 475. The van der Waals surface area contributed by atoms with Crippen molar-refractivity contribution in [2.45, 2.75) is 57.9 Å². The topological polar surface area (TPSA) is 12.5 Å². The fourth-order valence-electron chi connectivity index (χ4n) is 3.63. The first-order chi connectivity index (χ1) is 11.2. The monoisotopic (exact) mass is 313 g/mol. The number of nitrogens with zero attached hydrogens (tertiary/aromatic N) is 1.